The number of aliphatic imine (C=N–C) groups is 1. The molecule has 2 fully saturated rings. The zero-order chi connectivity index (χ0) is 17.6. The fourth-order valence-corrected chi connectivity index (χ4v) is 4.12. The second kappa shape index (κ2) is 6.33. The summed E-state index contributed by atoms with van der Waals surface area (Å²) in [6.07, 6.45) is 6.76. The molecule has 8 nitrogen and oxygen atoms in total. The molecule has 0 aromatic heterocycles. The van der Waals surface area contributed by atoms with Crippen LogP contribution in [0.15, 0.2) is 16.9 Å². The van der Waals surface area contributed by atoms with E-state index in [-0.39, 0.29) is 11.9 Å². The summed E-state index contributed by atoms with van der Waals surface area (Å²) in [7, 11) is 1.68. The monoisotopic (exact) mass is 346 g/mol. The number of guanidine groups is 1. The molecule has 4 rings (SSSR count). The van der Waals surface area contributed by atoms with Crippen molar-refractivity contribution < 1.29 is 9.59 Å². The van der Waals surface area contributed by atoms with Gasteiger partial charge in [0, 0.05) is 32.0 Å². The van der Waals surface area contributed by atoms with E-state index in [1.807, 2.05) is 18.0 Å². The summed E-state index contributed by atoms with van der Waals surface area (Å²) in [5.41, 5.74) is 1.10. The van der Waals surface area contributed by atoms with E-state index in [9.17, 15) is 9.59 Å². The lowest BCUT2D eigenvalue weighted by atomic mass is 10.1. The van der Waals surface area contributed by atoms with Crippen LogP contribution in [-0.4, -0.2) is 82.9 Å². The van der Waals surface area contributed by atoms with E-state index in [2.05, 4.69) is 15.1 Å². The molecule has 0 aromatic carbocycles. The Morgan fingerprint density at radius 2 is 1.88 bits per heavy atom. The molecular formula is C17H26N6O2. The summed E-state index contributed by atoms with van der Waals surface area (Å²) in [6, 6.07) is -0.843. The molecule has 25 heavy (non-hydrogen) atoms. The van der Waals surface area contributed by atoms with E-state index in [1.165, 1.54) is 30.6 Å². The Hall–Kier alpha value is -2.09. The van der Waals surface area contributed by atoms with E-state index in [1.54, 1.807) is 7.05 Å². The minimum absolute atomic E-state index is 0.273. The van der Waals surface area contributed by atoms with Gasteiger partial charge >= 0.3 is 6.03 Å². The first-order chi connectivity index (χ1) is 12.1. The normalized spacial score (nSPS) is 29.9. The number of nitrogens with zero attached hydrogens (tertiary/aromatic N) is 5. The van der Waals surface area contributed by atoms with Gasteiger partial charge in [-0.05, 0) is 32.9 Å². The van der Waals surface area contributed by atoms with Crippen LogP contribution in [0, 0.1) is 0 Å². The SMILES string of the molecule is CC1=CN2C(=NC3C2C(=O)NC(=O)N3C)N1CCN1CCCCCC1. The van der Waals surface area contributed by atoms with E-state index >= 15 is 0 Å². The molecule has 4 aliphatic rings. The average molecular weight is 346 g/mol. The Balaban J connectivity index is 1.48. The van der Waals surface area contributed by atoms with Crippen LogP contribution >= 0.6 is 0 Å². The maximum atomic E-state index is 12.3. The topological polar surface area (TPSA) is 71.5 Å². The number of likely N-dealkylation sites (N-methyl/N-ethyl adjacent to an activating group) is 1. The number of hydrogen-bond donors (Lipinski definition) is 1. The van der Waals surface area contributed by atoms with Crippen LogP contribution in [0.2, 0.25) is 0 Å². The van der Waals surface area contributed by atoms with E-state index in [0.29, 0.717) is 0 Å². The maximum absolute atomic E-state index is 12.3. The molecule has 0 saturated carbocycles. The van der Waals surface area contributed by atoms with Crippen molar-refractivity contribution in [3.05, 3.63) is 11.9 Å². The molecule has 0 radical (unpaired) electrons. The van der Waals surface area contributed by atoms with Crippen molar-refractivity contribution in [2.75, 3.05) is 33.2 Å². The molecule has 136 valence electrons. The number of rotatable bonds is 3. The molecule has 2 saturated heterocycles. The Bertz CT molecular complexity index is 637. The average Bonchev–Trinajstić information content (AvgIpc) is 2.94. The molecule has 4 aliphatic heterocycles. The number of hydrogen-bond acceptors (Lipinski definition) is 6. The van der Waals surface area contributed by atoms with Gasteiger partial charge < -0.3 is 19.6 Å². The quantitative estimate of drug-likeness (QED) is 0.810. The Labute approximate surface area is 148 Å². The number of fused-ring (bicyclic) bond motifs is 3. The molecule has 2 atom stereocenters. The number of amides is 3. The number of allylic oxidation sites excluding steroid dienone is 1. The van der Waals surface area contributed by atoms with Gasteiger partial charge in [-0.15, -0.1) is 0 Å². The highest BCUT2D eigenvalue weighted by molar-refractivity contribution is 6.04. The number of carbonyl (C=O) groups is 2. The third-order valence-corrected chi connectivity index (χ3v) is 5.61. The summed E-state index contributed by atoms with van der Waals surface area (Å²) in [4.78, 5) is 37.0. The van der Waals surface area contributed by atoms with Gasteiger partial charge in [0.15, 0.2) is 12.2 Å². The van der Waals surface area contributed by atoms with Crippen LogP contribution in [0.25, 0.3) is 0 Å². The Morgan fingerprint density at radius 1 is 1.16 bits per heavy atom. The molecule has 0 bridgehead atoms. The van der Waals surface area contributed by atoms with Crippen molar-refractivity contribution in [2.45, 2.75) is 44.8 Å². The number of likely N-dealkylation sites (tertiary alicyclic amines) is 1. The predicted molar refractivity (Wildman–Crippen MR) is 93.5 cm³/mol. The van der Waals surface area contributed by atoms with Gasteiger partial charge in [-0.2, -0.15) is 0 Å². The highest BCUT2D eigenvalue weighted by atomic mass is 16.2. The van der Waals surface area contributed by atoms with E-state index in [4.69, 9.17) is 4.99 Å². The summed E-state index contributed by atoms with van der Waals surface area (Å²) in [5.74, 6) is 0.518. The van der Waals surface area contributed by atoms with Crippen molar-refractivity contribution in [2.24, 2.45) is 4.99 Å². The molecule has 3 amide bonds. The number of urea groups is 1. The molecule has 0 aliphatic carbocycles. The molecular weight excluding hydrogens is 320 g/mol. The molecule has 4 heterocycles. The smallest absolute Gasteiger partial charge is 0.313 e. The van der Waals surface area contributed by atoms with Crippen molar-refractivity contribution in [1.82, 2.24) is 24.9 Å². The van der Waals surface area contributed by atoms with Gasteiger partial charge in [0.2, 0.25) is 5.96 Å². The first-order valence-corrected chi connectivity index (χ1v) is 9.18. The zero-order valence-corrected chi connectivity index (χ0v) is 14.9. The lowest BCUT2D eigenvalue weighted by Crippen LogP contribution is -2.62. The van der Waals surface area contributed by atoms with Crippen LogP contribution < -0.4 is 5.32 Å². The van der Waals surface area contributed by atoms with Crippen molar-refractivity contribution >= 4 is 17.9 Å². The number of carbonyl (C=O) groups excluding carboxylic acids is 2. The van der Waals surface area contributed by atoms with Crippen LogP contribution in [0.4, 0.5) is 4.79 Å². The lowest BCUT2D eigenvalue weighted by Gasteiger charge is -2.34. The van der Waals surface area contributed by atoms with E-state index < -0.39 is 12.2 Å². The fourth-order valence-electron chi connectivity index (χ4n) is 4.12. The summed E-state index contributed by atoms with van der Waals surface area (Å²) in [6.45, 7) is 6.23. The first-order valence-electron chi connectivity index (χ1n) is 9.18. The number of nitrogens with one attached hydrogen (secondary N) is 1. The third-order valence-electron chi connectivity index (χ3n) is 5.61. The van der Waals surface area contributed by atoms with Gasteiger partial charge in [0.1, 0.15) is 0 Å². The van der Waals surface area contributed by atoms with Crippen molar-refractivity contribution in [3.63, 3.8) is 0 Å². The fraction of sp³-hybridized carbons (Fsp3) is 0.706. The highest BCUT2D eigenvalue weighted by Crippen LogP contribution is 2.31. The first kappa shape index (κ1) is 16.4. The lowest BCUT2D eigenvalue weighted by molar-refractivity contribution is -0.126. The molecule has 2 unspecified atom stereocenters. The van der Waals surface area contributed by atoms with Crippen LogP contribution in [0.5, 0.6) is 0 Å². The van der Waals surface area contributed by atoms with Gasteiger partial charge in [-0.1, -0.05) is 12.8 Å². The molecule has 0 spiro atoms. The highest BCUT2D eigenvalue weighted by Gasteiger charge is 2.51. The second-order valence-corrected chi connectivity index (χ2v) is 7.28. The zero-order valence-electron chi connectivity index (χ0n) is 14.9. The Morgan fingerprint density at radius 3 is 2.60 bits per heavy atom. The van der Waals surface area contributed by atoms with E-state index in [0.717, 1.165) is 37.8 Å². The van der Waals surface area contributed by atoms with Gasteiger partial charge in [-0.25, -0.2) is 9.79 Å². The summed E-state index contributed by atoms with van der Waals surface area (Å²) in [5, 5.41) is 2.41. The summed E-state index contributed by atoms with van der Waals surface area (Å²) >= 11 is 0. The Kier molecular flexibility index (Phi) is 4.15. The largest absolute Gasteiger partial charge is 0.325 e. The molecule has 8 heteroatoms. The molecule has 1 N–H and O–H groups in total. The predicted octanol–water partition coefficient (Wildman–Crippen LogP) is 0.587. The third kappa shape index (κ3) is 2.78. The van der Waals surface area contributed by atoms with Crippen LogP contribution in [-0.2, 0) is 4.79 Å². The van der Waals surface area contributed by atoms with Crippen molar-refractivity contribution in [3.8, 4) is 0 Å². The second-order valence-electron chi connectivity index (χ2n) is 7.28. The minimum Gasteiger partial charge on any atom is -0.313 e. The summed E-state index contributed by atoms with van der Waals surface area (Å²) < 4.78 is 0. The van der Waals surface area contributed by atoms with Gasteiger partial charge in [-0.3, -0.25) is 10.1 Å². The number of imide groups is 1. The van der Waals surface area contributed by atoms with Crippen LogP contribution in [0.1, 0.15) is 32.6 Å². The van der Waals surface area contributed by atoms with Crippen molar-refractivity contribution in [1.29, 1.82) is 0 Å². The van der Waals surface area contributed by atoms with Gasteiger partial charge in [0.25, 0.3) is 5.91 Å². The maximum Gasteiger partial charge on any atom is 0.325 e. The minimum atomic E-state index is -0.462. The van der Waals surface area contributed by atoms with Crippen LogP contribution in [0.3, 0.4) is 0 Å². The standard InChI is InChI=1S/C17H26N6O2/c1-12-11-23-13-14(20(2)17(25)19-15(13)24)18-16(23)22(12)10-9-21-7-5-3-4-6-8-21/h11,13-14H,3-10H2,1-2H3,(H,19,24,25). The van der Waals surface area contributed by atoms with Gasteiger partial charge in [0.05, 0.1) is 0 Å². The molecule has 0 aromatic rings.